The molecule has 1 unspecified atom stereocenters. The largest absolute Gasteiger partial charge is 0.502 e. The molecule has 1 atom stereocenters. The molecule has 116 valence electrons. The van der Waals surface area contributed by atoms with Gasteiger partial charge in [0, 0.05) is 31.3 Å². The van der Waals surface area contributed by atoms with Gasteiger partial charge in [-0.2, -0.15) is 0 Å². The van der Waals surface area contributed by atoms with Crippen molar-refractivity contribution in [3.8, 4) is 0 Å². The maximum Gasteiger partial charge on any atom is 0.198 e. The van der Waals surface area contributed by atoms with E-state index in [1.807, 2.05) is 54.9 Å². The van der Waals surface area contributed by atoms with Gasteiger partial charge in [0.15, 0.2) is 16.7 Å². The van der Waals surface area contributed by atoms with E-state index in [1.165, 1.54) is 0 Å². The molecule has 0 fully saturated rings. The molecular weight excluding hydrogens is 296 g/mol. The number of thiocarbonyl (C=S) groups is 1. The standard InChI is InChI=1S/C17H20N2O2S/c1-12(2)19-9-8-18-17(19)15(20)10-14(11-16(21)22)13-6-4-3-5-7-13/h3-9,12,14H,10-11H2,1-2H3,(H,21,22). The number of nitrogens with zero attached hydrogens (tertiary/aromatic N) is 2. The fourth-order valence-electron chi connectivity index (χ4n) is 2.50. The maximum atomic E-state index is 12.6. The molecule has 5 heteroatoms. The Morgan fingerprint density at radius 2 is 1.95 bits per heavy atom. The number of aliphatic hydroxyl groups excluding tert-OH is 1. The summed E-state index contributed by atoms with van der Waals surface area (Å²) < 4.78 is 1.86. The summed E-state index contributed by atoms with van der Waals surface area (Å²) in [5, 5.41) is 9.39. The Morgan fingerprint density at radius 3 is 2.55 bits per heavy atom. The predicted molar refractivity (Wildman–Crippen MR) is 90.6 cm³/mol. The third-order valence-corrected chi connectivity index (χ3v) is 3.76. The van der Waals surface area contributed by atoms with Crippen LogP contribution in [0.2, 0.25) is 0 Å². The number of ketones is 1. The first-order valence-corrected chi connectivity index (χ1v) is 7.72. The van der Waals surface area contributed by atoms with Crippen molar-refractivity contribution >= 4 is 23.1 Å². The highest BCUT2D eigenvalue weighted by Crippen LogP contribution is 2.26. The molecule has 0 saturated carbocycles. The van der Waals surface area contributed by atoms with Crippen LogP contribution in [-0.4, -0.2) is 25.5 Å². The second-order valence-electron chi connectivity index (χ2n) is 5.58. The molecule has 1 aromatic heterocycles. The van der Waals surface area contributed by atoms with Crippen LogP contribution in [0, 0.1) is 0 Å². The Labute approximate surface area is 135 Å². The maximum absolute atomic E-state index is 12.6. The van der Waals surface area contributed by atoms with E-state index >= 15 is 0 Å². The molecule has 0 bridgehead atoms. The van der Waals surface area contributed by atoms with Crippen LogP contribution in [0.3, 0.4) is 0 Å². The lowest BCUT2D eigenvalue weighted by Crippen LogP contribution is -2.16. The van der Waals surface area contributed by atoms with Gasteiger partial charge < -0.3 is 9.67 Å². The normalized spacial score (nSPS) is 12.3. The molecule has 1 heterocycles. The predicted octanol–water partition coefficient (Wildman–Crippen LogP) is 4.10. The summed E-state index contributed by atoms with van der Waals surface area (Å²) in [5.41, 5.74) is 0.995. The van der Waals surface area contributed by atoms with Gasteiger partial charge in [-0.05, 0) is 37.5 Å². The molecule has 0 spiro atoms. The van der Waals surface area contributed by atoms with Gasteiger partial charge in [0.1, 0.15) is 0 Å². The Kier molecular flexibility index (Phi) is 5.44. The summed E-state index contributed by atoms with van der Waals surface area (Å²) in [4.78, 5) is 16.8. The number of benzene rings is 1. The lowest BCUT2D eigenvalue weighted by atomic mass is 9.91. The highest BCUT2D eigenvalue weighted by Gasteiger charge is 2.22. The average molecular weight is 316 g/mol. The van der Waals surface area contributed by atoms with Crippen molar-refractivity contribution in [2.24, 2.45) is 0 Å². The van der Waals surface area contributed by atoms with Gasteiger partial charge in [0.2, 0.25) is 0 Å². The number of aliphatic hydroxyl groups is 1. The van der Waals surface area contributed by atoms with Crippen LogP contribution < -0.4 is 0 Å². The number of hydrogen-bond acceptors (Lipinski definition) is 3. The van der Waals surface area contributed by atoms with E-state index in [4.69, 9.17) is 12.2 Å². The molecular formula is C17H20N2O2S. The van der Waals surface area contributed by atoms with Crippen molar-refractivity contribution in [1.29, 1.82) is 0 Å². The summed E-state index contributed by atoms with van der Waals surface area (Å²) in [5.74, 6) is 0.284. The molecule has 0 amide bonds. The summed E-state index contributed by atoms with van der Waals surface area (Å²) >= 11 is 4.82. The van der Waals surface area contributed by atoms with E-state index in [-0.39, 0.29) is 29.2 Å². The van der Waals surface area contributed by atoms with Crippen molar-refractivity contribution in [3.63, 3.8) is 0 Å². The summed E-state index contributed by atoms with van der Waals surface area (Å²) in [6, 6.07) is 9.84. The number of Topliss-reactive ketones (excluding diaryl/α,β-unsaturated/α-hetero) is 1. The van der Waals surface area contributed by atoms with E-state index in [0.29, 0.717) is 12.2 Å². The lowest BCUT2D eigenvalue weighted by molar-refractivity contribution is 0.0958. The fraction of sp³-hybridized carbons (Fsp3) is 0.353. The van der Waals surface area contributed by atoms with Gasteiger partial charge in [-0.25, -0.2) is 4.98 Å². The second kappa shape index (κ2) is 7.31. The minimum atomic E-state index is -0.136. The number of rotatable bonds is 7. The molecule has 2 aromatic rings. The molecule has 2 rings (SSSR count). The summed E-state index contributed by atoms with van der Waals surface area (Å²) in [7, 11) is 0. The van der Waals surface area contributed by atoms with Crippen LogP contribution in [0.15, 0.2) is 42.7 Å². The average Bonchev–Trinajstić information content (AvgIpc) is 2.96. The molecule has 22 heavy (non-hydrogen) atoms. The number of aromatic nitrogens is 2. The molecule has 0 aliphatic heterocycles. The van der Waals surface area contributed by atoms with E-state index in [0.717, 1.165) is 5.56 Å². The monoisotopic (exact) mass is 316 g/mol. The quantitative estimate of drug-likeness (QED) is 0.617. The van der Waals surface area contributed by atoms with E-state index in [1.54, 1.807) is 6.20 Å². The fourth-order valence-corrected chi connectivity index (χ4v) is 2.71. The number of imidazole rings is 1. The first kappa shape index (κ1) is 16.4. The molecule has 0 radical (unpaired) electrons. The SMILES string of the molecule is CC(C)n1ccnc1C(=O)CC(CC(O)=S)c1ccccc1. The van der Waals surface area contributed by atoms with Crippen LogP contribution in [0.1, 0.15) is 54.8 Å². The summed E-state index contributed by atoms with van der Waals surface area (Å²) in [6.45, 7) is 4.02. The zero-order valence-corrected chi connectivity index (χ0v) is 13.6. The number of carbonyl (C=O) groups excluding carboxylic acids is 1. The van der Waals surface area contributed by atoms with Crippen molar-refractivity contribution in [1.82, 2.24) is 9.55 Å². The van der Waals surface area contributed by atoms with Gasteiger partial charge in [0.25, 0.3) is 0 Å². The minimum Gasteiger partial charge on any atom is -0.502 e. The first-order chi connectivity index (χ1) is 10.5. The molecule has 0 aliphatic carbocycles. The van der Waals surface area contributed by atoms with E-state index < -0.39 is 0 Å². The van der Waals surface area contributed by atoms with Crippen LogP contribution in [0.5, 0.6) is 0 Å². The van der Waals surface area contributed by atoms with Crippen molar-refractivity contribution in [2.75, 3.05) is 0 Å². The van der Waals surface area contributed by atoms with E-state index in [9.17, 15) is 9.90 Å². The Bertz CT molecular complexity index is 650. The molecule has 0 aliphatic rings. The zero-order chi connectivity index (χ0) is 16.1. The highest BCUT2D eigenvalue weighted by molar-refractivity contribution is 7.80. The second-order valence-corrected chi connectivity index (χ2v) is 6.06. The summed E-state index contributed by atoms with van der Waals surface area (Å²) in [6.07, 6.45) is 4.02. The third kappa shape index (κ3) is 4.01. The van der Waals surface area contributed by atoms with Crippen LogP contribution in [0.25, 0.3) is 0 Å². The zero-order valence-electron chi connectivity index (χ0n) is 12.8. The minimum absolute atomic E-state index is 0.0381. The van der Waals surface area contributed by atoms with Crippen molar-refractivity contribution in [2.45, 2.75) is 38.6 Å². The topological polar surface area (TPSA) is 55.1 Å². The van der Waals surface area contributed by atoms with Gasteiger partial charge in [-0.15, -0.1) is 0 Å². The highest BCUT2D eigenvalue weighted by atomic mass is 32.1. The first-order valence-electron chi connectivity index (χ1n) is 7.31. The van der Waals surface area contributed by atoms with Crippen LogP contribution >= 0.6 is 12.2 Å². The number of carbonyl (C=O) groups is 1. The van der Waals surface area contributed by atoms with Crippen molar-refractivity contribution < 1.29 is 9.90 Å². The molecule has 1 N–H and O–H groups in total. The Morgan fingerprint density at radius 1 is 1.27 bits per heavy atom. The van der Waals surface area contributed by atoms with Gasteiger partial charge >= 0.3 is 0 Å². The Hall–Kier alpha value is -2.01. The lowest BCUT2D eigenvalue weighted by Gasteiger charge is -2.16. The van der Waals surface area contributed by atoms with Gasteiger partial charge in [0.05, 0.1) is 0 Å². The third-order valence-electron chi connectivity index (χ3n) is 3.60. The van der Waals surface area contributed by atoms with Gasteiger partial charge in [-0.3, -0.25) is 4.79 Å². The smallest absolute Gasteiger partial charge is 0.198 e. The van der Waals surface area contributed by atoms with Crippen LogP contribution in [0.4, 0.5) is 0 Å². The van der Waals surface area contributed by atoms with E-state index in [2.05, 4.69) is 4.98 Å². The Balaban J connectivity index is 2.21. The number of hydrogen-bond donors (Lipinski definition) is 1. The molecule has 4 nitrogen and oxygen atoms in total. The molecule has 1 aromatic carbocycles. The van der Waals surface area contributed by atoms with Gasteiger partial charge in [-0.1, -0.05) is 30.3 Å². The molecule has 0 saturated heterocycles. The van der Waals surface area contributed by atoms with Crippen LogP contribution in [-0.2, 0) is 0 Å². The van der Waals surface area contributed by atoms with Crippen molar-refractivity contribution in [3.05, 3.63) is 54.1 Å².